The Kier molecular flexibility index (Phi) is 9.45. The number of benzene rings is 2. The van der Waals surface area contributed by atoms with Crippen molar-refractivity contribution in [2.45, 2.75) is 67.2 Å². The largest absolute Gasteiger partial charge is 0.506 e. The summed E-state index contributed by atoms with van der Waals surface area (Å²) >= 11 is 0. The predicted octanol–water partition coefficient (Wildman–Crippen LogP) is 9.48. The van der Waals surface area contributed by atoms with E-state index in [0.717, 1.165) is 56.5 Å². The van der Waals surface area contributed by atoms with Crippen LogP contribution in [0.5, 0.6) is 0 Å². The summed E-state index contributed by atoms with van der Waals surface area (Å²) in [4.78, 5) is 14.0. The molecule has 0 amide bonds. The van der Waals surface area contributed by atoms with Gasteiger partial charge in [-0.2, -0.15) is 0 Å². The minimum atomic E-state index is -0.0206. The number of nitrogens with zero attached hydrogens (tertiary/aromatic N) is 3. The maximum absolute atomic E-state index is 5.72. The van der Waals surface area contributed by atoms with E-state index in [-0.39, 0.29) is 25.5 Å². The van der Waals surface area contributed by atoms with Crippen LogP contribution in [-0.2, 0) is 31.9 Å². The second kappa shape index (κ2) is 12.7. The van der Waals surface area contributed by atoms with E-state index in [4.69, 9.17) is 9.40 Å². The molecule has 6 aromatic rings. The van der Waals surface area contributed by atoms with E-state index in [1.165, 1.54) is 27.8 Å². The van der Waals surface area contributed by atoms with Gasteiger partial charge in [-0.05, 0) is 43.7 Å². The predicted molar refractivity (Wildman–Crippen MR) is 169 cm³/mol. The zero-order chi connectivity index (χ0) is 29.3. The third kappa shape index (κ3) is 6.53. The van der Waals surface area contributed by atoms with Crippen LogP contribution in [0, 0.1) is 39.8 Å². The molecule has 0 saturated heterocycles. The van der Waals surface area contributed by atoms with Gasteiger partial charge in [-0.1, -0.05) is 93.3 Å². The van der Waals surface area contributed by atoms with Crippen molar-refractivity contribution in [1.82, 2.24) is 15.0 Å². The van der Waals surface area contributed by atoms with Crippen molar-refractivity contribution < 1.29 is 24.5 Å². The molecule has 5 heteroatoms. The first-order chi connectivity index (χ1) is 19.5. The molecule has 2 aromatic carbocycles. The minimum absolute atomic E-state index is 0. The van der Waals surface area contributed by atoms with Gasteiger partial charge in [0.05, 0.1) is 5.58 Å². The number of rotatable bonds is 3. The monoisotopic (exact) mass is 732 g/mol. The molecule has 0 fully saturated rings. The quantitative estimate of drug-likeness (QED) is 0.170. The van der Waals surface area contributed by atoms with Gasteiger partial charge in [-0.3, -0.25) is 9.97 Å². The SMILES string of the molecule is CCc1ccnc(-c2[c-]c3ccoc3c3nc(C(C)(C)C)ccc23)c1.Cc1c[c-]c(-c2cc(C)c(C)cn2)cc1C.[Ir]. The van der Waals surface area contributed by atoms with Crippen LogP contribution < -0.4 is 0 Å². The third-order valence-corrected chi connectivity index (χ3v) is 7.64. The molecule has 42 heavy (non-hydrogen) atoms. The van der Waals surface area contributed by atoms with Gasteiger partial charge in [0.1, 0.15) is 0 Å². The topological polar surface area (TPSA) is 51.8 Å². The number of aromatic nitrogens is 3. The summed E-state index contributed by atoms with van der Waals surface area (Å²) in [7, 11) is 0. The summed E-state index contributed by atoms with van der Waals surface area (Å²) in [6, 6.07) is 23.4. The number of hydrogen-bond donors (Lipinski definition) is 0. The molecule has 1 radical (unpaired) electrons. The molecule has 0 spiro atoms. The van der Waals surface area contributed by atoms with Gasteiger partial charge in [-0.15, -0.1) is 41.0 Å². The molecule has 6 rings (SSSR count). The van der Waals surface area contributed by atoms with Gasteiger partial charge in [0.2, 0.25) is 0 Å². The number of hydrogen-bond acceptors (Lipinski definition) is 4. The van der Waals surface area contributed by atoms with E-state index in [0.29, 0.717) is 0 Å². The smallest absolute Gasteiger partial charge is 0.0847 e. The summed E-state index contributed by atoms with van der Waals surface area (Å²) in [5.41, 5.74) is 13.0. The Morgan fingerprint density at radius 1 is 0.833 bits per heavy atom. The van der Waals surface area contributed by atoms with Crippen molar-refractivity contribution >= 4 is 21.9 Å². The third-order valence-electron chi connectivity index (χ3n) is 7.64. The zero-order valence-electron chi connectivity index (χ0n) is 25.6. The molecular weight excluding hydrogens is 695 g/mol. The maximum Gasteiger partial charge on any atom is 0.0847 e. The number of furan rings is 1. The molecule has 0 atom stereocenters. The van der Waals surface area contributed by atoms with Crippen LogP contribution in [-0.4, -0.2) is 15.0 Å². The first-order valence-corrected chi connectivity index (χ1v) is 14.2. The van der Waals surface area contributed by atoms with E-state index >= 15 is 0 Å². The van der Waals surface area contributed by atoms with Gasteiger partial charge in [0, 0.05) is 61.1 Å². The Morgan fingerprint density at radius 3 is 2.29 bits per heavy atom. The summed E-state index contributed by atoms with van der Waals surface area (Å²) in [6.45, 7) is 17.1. The van der Waals surface area contributed by atoms with Gasteiger partial charge in [-0.25, -0.2) is 0 Å². The van der Waals surface area contributed by atoms with Gasteiger partial charge < -0.3 is 9.40 Å². The minimum Gasteiger partial charge on any atom is -0.506 e. The first-order valence-electron chi connectivity index (χ1n) is 14.2. The Labute approximate surface area is 263 Å². The van der Waals surface area contributed by atoms with Crippen LogP contribution in [0.4, 0.5) is 0 Å². The van der Waals surface area contributed by atoms with E-state index in [1.807, 2.05) is 24.5 Å². The Hall–Kier alpha value is -3.66. The van der Waals surface area contributed by atoms with Crippen LogP contribution in [0.25, 0.3) is 44.4 Å². The van der Waals surface area contributed by atoms with Crippen molar-refractivity contribution in [1.29, 1.82) is 0 Å². The van der Waals surface area contributed by atoms with Crippen LogP contribution in [0.15, 0.2) is 71.6 Å². The summed E-state index contributed by atoms with van der Waals surface area (Å²) in [6.07, 6.45) is 6.47. The van der Waals surface area contributed by atoms with Crippen molar-refractivity contribution in [3.63, 3.8) is 0 Å². The molecule has 0 unspecified atom stereocenters. The second-order valence-electron chi connectivity index (χ2n) is 11.8. The molecule has 217 valence electrons. The molecule has 0 bridgehead atoms. The Bertz CT molecular complexity index is 1810. The summed E-state index contributed by atoms with van der Waals surface area (Å²) in [5.74, 6) is 0. The van der Waals surface area contributed by atoms with Crippen molar-refractivity contribution in [2.75, 3.05) is 0 Å². The second-order valence-corrected chi connectivity index (χ2v) is 11.8. The molecule has 4 nitrogen and oxygen atoms in total. The standard InChI is InChI=1S/C22H21N2O.C15H16N.Ir/c1-5-14-8-10-23-18(12-14)17-13-15-9-11-25-21(15)20-16(17)6-7-19(24-20)22(2,3)4;1-10-5-6-14(7-11(10)2)15-8-12(3)13(4)9-16-15;/h6-12H,5H2,1-4H3;5,7-9H,1-4H3;/q2*-1;. The Morgan fingerprint density at radius 2 is 1.60 bits per heavy atom. The molecular formula is C37H37IrN3O-2. The fraction of sp³-hybridized carbons (Fsp3) is 0.270. The van der Waals surface area contributed by atoms with E-state index in [1.54, 1.807) is 6.26 Å². The van der Waals surface area contributed by atoms with Crippen LogP contribution in [0.3, 0.4) is 0 Å². The first kappa shape index (κ1) is 31.3. The molecule has 0 aliphatic carbocycles. The number of fused-ring (bicyclic) bond motifs is 3. The average Bonchev–Trinajstić information content (AvgIpc) is 3.44. The van der Waals surface area contributed by atoms with E-state index < -0.39 is 0 Å². The van der Waals surface area contributed by atoms with Crippen molar-refractivity contribution in [3.05, 3.63) is 113 Å². The molecule has 0 N–H and O–H groups in total. The number of pyridine rings is 3. The summed E-state index contributed by atoms with van der Waals surface area (Å²) in [5, 5.41) is 1.96. The maximum atomic E-state index is 5.72. The fourth-order valence-corrected chi connectivity index (χ4v) is 4.67. The average molecular weight is 732 g/mol. The van der Waals surface area contributed by atoms with Crippen LogP contribution >= 0.6 is 0 Å². The molecule has 0 aliphatic heterocycles. The van der Waals surface area contributed by atoms with Crippen molar-refractivity contribution in [3.8, 4) is 22.5 Å². The molecule has 0 saturated carbocycles. The van der Waals surface area contributed by atoms with Gasteiger partial charge in [0.25, 0.3) is 0 Å². The van der Waals surface area contributed by atoms with Gasteiger partial charge in [0.15, 0.2) is 0 Å². The van der Waals surface area contributed by atoms with Crippen LogP contribution in [0.2, 0.25) is 0 Å². The molecule has 0 aliphatic rings. The van der Waals surface area contributed by atoms with Crippen LogP contribution in [0.1, 0.15) is 61.2 Å². The van der Waals surface area contributed by atoms with E-state index in [2.05, 4.69) is 114 Å². The molecule has 4 heterocycles. The normalized spacial score (nSPS) is 11.2. The van der Waals surface area contributed by atoms with Crippen molar-refractivity contribution in [2.24, 2.45) is 0 Å². The summed E-state index contributed by atoms with van der Waals surface area (Å²) < 4.78 is 5.72. The fourth-order valence-electron chi connectivity index (χ4n) is 4.67. The molecule has 4 aromatic heterocycles. The van der Waals surface area contributed by atoms with E-state index in [9.17, 15) is 0 Å². The number of aryl methyl sites for hydroxylation is 5. The van der Waals surface area contributed by atoms with Gasteiger partial charge >= 0.3 is 0 Å². The Balaban J connectivity index is 0.000000207. The zero-order valence-corrected chi connectivity index (χ0v) is 28.0.